The molecule has 0 bridgehead atoms. The van der Waals surface area contributed by atoms with Crippen molar-refractivity contribution in [1.82, 2.24) is 10.2 Å². The van der Waals surface area contributed by atoms with E-state index in [0.717, 1.165) is 42.9 Å². The fourth-order valence-corrected chi connectivity index (χ4v) is 8.09. The molecule has 1 heterocycles. The van der Waals surface area contributed by atoms with E-state index in [1.807, 2.05) is 13.0 Å². The molecular formula is C23H34N2O2. The molecular weight excluding hydrogens is 336 g/mol. The average Bonchev–Trinajstić information content (AvgIpc) is 3.27. The van der Waals surface area contributed by atoms with Crippen molar-refractivity contribution in [3.8, 4) is 0 Å². The van der Waals surface area contributed by atoms with Crippen molar-refractivity contribution in [3.05, 3.63) is 18.0 Å². The molecule has 4 heteroatoms. The Hall–Kier alpha value is -1.16. The van der Waals surface area contributed by atoms with Gasteiger partial charge in [-0.1, -0.05) is 6.92 Å². The molecule has 0 spiro atoms. The number of Topliss-reactive ketones (excluding diaryl/α,β-unsaturated/α-hetero) is 1. The molecule has 0 saturated heterocycles. The van der Waals surface area contributed by atoms with Crippen LogP contribution >= 0.6 is 0 Å². The van der Waals surface area contributed by atoms with E-state index < -0.39 is 5.60 Å². The predicted molar refractivity (Wildman–Crippen MR) is 104 cm³/mol. The van der Waals surface area contributed by atoms with Gasteiger partial charge in [-0.2, -0.15) is 5.10 Å². The van der Waals surface area contributed by atoms with Gasteiger partial charge in [-0.05, 0) is 106 Å². The standard InChI is InChI=1S/C23H34N2O2/c1-22(27)10-7-15-14(13-22)3-4-17-16(15)8-11-23(2)18(17)5-6-19(23)21(26)20-9-12-24-25-20/h9,12,14-19,27H,3-8,10-11,13H2,1-2H3,(H,24,25)/t14-,15+,16-,17-,18+,19-,22-,23+/m1/s1. The first-order chi connectivity index (χ1) is 12.9. The number of hydrogen-bond acceptors (Lipinski definition) is 3. The van der Waals surface area contributed by atoms with Gasteiger partial charge >= 0.3 is 0 Å². The lowest BCUT2D eigenvalue weighted by Gasteiger charge is -2.56. The van der Waals surface area contributed by atoms with E-state index in [2.05, 4.69) is 17.1 Å². The number of aromatic amines is 1. The second kappa shape index (κ2) is 6.17. The molecule has 27 heavy (non-hydrogen) atoms. The molecule has 8 atom stereocenters. The first kappa shape index (κ1) is 17.9. The number of H-pyrrole nitrogens is 1. The normalized spacial score (nSPS) is 49.1. The summed E-state index contributed by atoms with van der Waals surface area (Å²) in [6, 6.07) is 1.84. The maximum absolute atomic E-state index is 13.1. The minimum Gasteiger partial charge on any atom is -0.390 e. The monoisotopic (exact) mass is 370 g/mol. The molecule has 4 saturated carbocycles. The molecule has 5 rings (SSSR count). The number of rotatable bonds is 2. The lowest BCUT2D eigenvalue weighted by Crippen LogP contribution is -2.51. The number of aromatic nitrogens is 2. The van der Waals surface area contributed by atoms with Crippen molar-refractivity contribution in [2.24, 2.45) is 40.9 Å². The fourth-order valence-electron chi connectivity index (χ4n) is 8.09. The minimum atomic E-state index is -0.438. The summed E-state index contributed by atoms with van der Waals surface area (Å²) in [6.45, 7) is 4.45. The van der Waals surface area contributed by atoms with Gasteiger partial charge in [0.05, 0.1) is 5.60 Å². The van der Waals surface area contributed by atoms with Crippen molar-refractivity contribution in [3.63, 3.8) is 0 Å². The van der Waals surface area contributed by atoms with Crippen molar-refractivity contribution < 1.29 is 9.90 Å². The van der Waals surface area contributed by atoms with Crippen LogP contribution in [0.4, 0.5) is 0 Å². The van der Waals surface area contributed by atoms with Gasteiger partial charge in [-0.3, -0.25) is 9.89 Å². The first-order valence-corrected chi connectivity index (χ1v) is 11.1. The maximum Gasteiger partial charge on any atom is 0.184 e. The molecule has 0 radical (unpaired) electrons. The third kappa shape index (κ3) is 2.73. The number of nitrogens with zero attached hydrogens (tertiary/aromatic N) is 1. The Labute approximate surface area is 162 Å². The largest absolute Gasteiger partial charge is 0.390 e. The van der Waals surface area contributed by atoms with E-state index in [9.17, 15) is 9.90 Å². The van der Waals surface area contributed by atoms with E-state index in [4.69, 9.17) is 0 Å². The topological polar surface area (TPSA) is 66.0 Å². The second-order valence-electron chi connectivity index (χ2n) is 10.7. The fraction of sp³-hybridized carbons (Fsp3) is 0.826. The van der Waals surface area contributed by atoms with Crippen LogP contribution in [-0.4, -0.2) is 26.7 Å². The molecule has 0 amide bonds. The smallest absolute Gasteiger partial charge is 0.184 e. The zero-order valence-electron chi connectivity index (χ0n) is 16.8. The first-order valence-electron chi connectivity index (χ1n) is 11.1. The summed E-state index contributed by atoms with van der Waals surface area (Å²) in [6.07, 6.45) is 12.2. The van der Waals surface area contributed by atoms with Crippen LogP contribution in [-0.2, 0) is 0 Å². The van der Waals surface area contributed by atoms with Crippen LogP contribution in [0.5, 0.6) is 0 Å². The van der Waals surface area contributed by atoms with Gasteiger partial charge in [0.25, 0.3) is 0 Å². The Balaban J connectivity index is 1.37. The Kier molecular flexibility index (Phi) is 4.09. The SMILES string of the molecule is C[C@@]1(O)CC[C@H]2[C@H](CC[C@@H]3[C@@H]2CC[C@]2(C)[C@@H](C(=O)c4ccn[nH]4)CC[C@@H]32)C1. The number of aliphatic hydroxyl groups is 1. The number of nitrogens with one attached hydrogen (secondary N) is 1. The van der Waals surface area contributed by atoms with Gasteiger partial charge in [0, 0.05) is 12.1 Å². The molecule has 0 aliphatic heterocycles. The van der Waals surface area contributed by atoms with Crippen LogP contribution in [0.2, 0.25) is 0 Å². The van der Waals surface area contributed by atoms with E-state index in [1.165, 1.54) is 38.5 Å². The Bertz CT molecular complexity index is 712. The van der Waals surface area contributed by atoms with Gasteiger partial charge in [0.15, 0.2) is 5.78 Å². The van der Waals surface area contributed by atoms with Gasteiger partial charge in [-0.25, -0.2) is 0 Å². The molecule has 0 unspecified atom stereocenters. The molecule has 4 aliphatic rings. The number of hydrogen-bond donors (Lipinski definition) is 2. The lowest BCUT2D eigenvalue weighted by atomic mass is 9.49. The van der Waals surface area contributed by atoms with Crippen molar-refractivity contribution in [1.29, 1.82) is 0 Å². The van der Waals surface area contributed by atoms with Crippen LogP contribution < -0.4 is 0 Å². The zero-order chi connectivity index (χ0) is 18.8. The van der Waals surface area contributed by atoms with Crippen LogP contribution in [0, 0.1) is 40.9 Å². The molecule has 0 aromatic carbocycles. The van der Waals surface area contributed by atoms with Crippen molar-refractivity contribution in [2.45, 2.75) is 77.2 Å². The van der Waals surface area contributed by atoms with E-state index in [0.29, 0.717) is 17.4 Å². The molecule has 1 aromatic heterocycles. The number of ketones is 1. The van der Waals surface area contributed by atoms with Crippen LogP contribution in [0.1, 0.15) is 82.1 Å². The summed E-state index contributed by atoms with van der Waals surface area (Å²) >= 11 is 0. The molecule has 2 N–H and O–H groups in total. The summed E-state index contributed by atoms with van der Waals surface area (Å²) < 4.78 is 0. The van der Waals surface area contributed by atoms with Crippen molar-refractivity contribution in [2.75, 3.05) is 0 Å². The van der Waals surface area contributed by atoms with Gasteiger partial charge in [0.2, 0.25) is 0 Å². The molecule has 4 aliphatic carbocycles. The van der Waals surface area contributed by atoms with Crippen LogP contribution in [0.25, 0.3) is 0 Å². The molecule has 4 fully saturated rings. The summed E-state index contributed by atoms with van der Waals surface area (Å²) in [4.78, 5) is 13.1. The van der Waals surface area contributed by atoms with E-state index in [-0.39, 0.29) is 11.3 Å². The highest BCUT2D eigenvalue weighted by molar-refractivity contribution is 5.96. The summed E-state index contributed by atoms with van der Waals surface area (Å²) in [5, 5.41) is 17.4. The zero-order valence-corrected chi connectivity index (χ0v) is 16.8. The van der Waals surface area contributed by atoms with Gasteiger partial charge in [-0.15, -0.1) is 0 Å². The third-order valence-electron chi connectivity index (χ3n) is 9.32. The Morgan fingerprint density at radius 2 is 1.89 bits per heavy atom. The predicted octanol–water partition coefficient (Wildman–Crippen LogP) is 4.61. The molecule has 148 valence electrons. The highest BCUT2D eigenvalue weighted by atomic mass is 16.3. The average molecular weight is 371 g/mol. The Morgan fingerprint density at radius 3 is 2.67 bits per heavy atom. The van der Waals surface area contributed by atoms with E-state index in [1.54, 1.807) is 6.20 Å². The lowest BCUT2D eigenvalue weighted by molar-refractivity contribution is -0.0976. The van der Waals surface area contributed by atoms with Gasteiger partial charge < -0.3 is 5.11 Å². The minimum absolute atomic E-state index is 0.161. The Morgan fingerprint density at radius 1 is 1.07 bits per heavy atom. The van der Waals surface area contributed by atoms with Gasteiger partial charge in [0.1, 0.15) is 5.69 Å². The summed E-state index contributed by atoms with van der Waals surface area (Å²) in [5.41, 5.74) is 0.421. The summed E-state index contributed by atoms with van der Waals surface area (Å²) in [7, 11) is 0. The highest BCUT2D eigenvalue weighted by Crippen LogP contribution is 2.64. The number of fused-ring (bicyclic) bond motifs is 5. The van der Waals surface area contributed by atoms with E-state index >= 15 is 0 Å². The number of carbonyl (C=O) groups is 1. The quantitative estimate of drug-likeness (QED) is 0.747. The second-order valence-corrected chi connectivity index (χ2v) is 10.7. The van der Waals surface area contributed by atoms with Crippen LogP contribution in [0.3, 0.4) is 0 Å². The number of carbonyl (C=O) groups excluding carboxylic acids is 1. The van der Waals surface area contributed by atoms with Crippen LogP contribution in [0.15, 0.2) is 12.3 Å². The molecule has 4 nitrogen and oxygen atoms in total. The van der Waals surface area contributed by atoms with Crippen molar-refractivity contribution >= 4 is 5.78 Å². The maximum atomic E-state index is 13.1. The summed E-state index contributed by atoms with van der Waals surface area (Å²) in [5.74, 6) is 4.33. The molecule has 1 aromatic rings. The highest BCUT2D eigenvalue weighted by Gasteiger charge is 2.58. The third-order valence-corrected chi connectivity index (χ3v) is 9.32.